The summed E-state index contributed by atoms with van der Waals surface area (Å²) in [5, 5.41) is 4.05. The molecule has 1 amide bonds. The molecule has 1 aromatic carbocycles. The van der Waals surface area contributed by atoms with Crippen molar-refractivity contribution in [2.75, 3.05) is 6.54 Å². The molecule has 1 atom stereocenters. The number of benzene rings is 1. The fourth-order valence-corrected chi connectivity index (χ4v) is 4.37. The van der Waals surface area contributed by atoms with Crippen LogP contribution in [0.3, 0.4) is 0 Å². The molecule has 4 heterocycles. The highest BCUT2D eigenvalue weighted by Gasteiger charge is 2.39. The Morgan fingerprint density at radius 3 is 2.72 bits per heavy atom. The maximum Gasteiger partial charge on any atom is 0.417 e. The van der Waals surface area contributed by atoms with Crippen LogP contribution in [0.25, 0.3) is 5.82 Å². The van der Waals surface area contributed by atoms with Crippen LogP contribution in [0.15, 0.2) is 42.7 Å². The van der Waals surface area contributed by atoms with Crippen LogP contribution in [-0.2, 0) is 19.0 Å². The first-order valence-electron chi connectivity index (χ1n) is 9.03. The Morgan fingerprint density at radius 1 is 1.17 bits per heavy atom. The summed E-state index contributed by atoms with van der Waals surface area (Å²) in [6, 6.07) is 8.65. The van der Waals surface area contributed by atoms with Gasteiger partial charge < -0.3 is 4.90 Å². The zero-order valence-corrected chi connectivity index (χ0v) is 15.7. The molecule has 29 heavy (non-hydrogen) atoms. The fraction of sp³-hybridized carbons (Fsp3) is 0.250. The number of alkyl halides is 3. The topological polar surface area (TPSA) is 51.0 Å². The Balaban J connectivity index is 1.59. The molecule has 5 rings (SSSR count). The first-order valence-corrected chi connectivity index (χ1v) is 9.41. The highest BCUT2D eigenvalue weighted by Crippen LogP contribution is 2.39. The summed E-state index contributed by atoms with van der Waals surface area (Å²) in [5.74, 6) is -0.0636. The third-order valence-corrected chi connectivity index (χ3v) is 5.79. The number of aromatic nitrogens is 3. The van der Waals surface area contributed by atoms with E-state index in [0.717, 1.165) is 24.2 Å². The van der Waals surface area contributed by atoms with E-state index in [9.17, 15) is 18.0 Å². The van der Waals surface area contributed by atoms with Crippen molar-refractivity contribution in [2.45, 2.75) is 25.1 Å². The molecule has 0 N–H and O–H groups in total. The van der Waals surface area contributed by atoms with Crippen LogP contribution in [0.5, 0.6) is 0 Å². The number of pyridine rings is 1. The number of carbonyl (C=O) groups excluding carboxylic acids is 1. The van der Waals surface area contributed by atoms with Crippen LogP contribution >= 0.6 is 11.6 Å². The molecule has 3 aromatic rings. The maximum atomic E-state index is 13.0. The molecule has 0 radical (unpaired) electrons. The lowest BCUT2D eigenvalue weighted by Gasteiger charge is -2.40. The summed E-state index contributed by atoms with van der Waals surface area (Å²) in [4.78, 5) is 18.8. The summed E-state index contributed by atoms with van der Waals surface area (Å²) >= 11 is 6.11. The van der Waals surface area contributed by atoms with Gasteiger partial charge >= 0.3 is 6.18 Å². The third-order valence-electron chi connectivity index (χ3n) is 5.51. The average molecular weight is 419 g/mol. The Labute approximate surface area is 168 Å². The molecule has 2 aromatic heterocycles. The molecule has 2 aliphatic heterocycles. The van der Waals surface area contributed by atoms with E-state index in [-0.39, 0.29) is 22.8 Å². The van der Waals surface area contributed by atoms with E-state index in [1.54, 1.807) is 0 Å². The van der Waals surface area contributed by atoms with Crippen LogP contribution in [0.1, 0.15) is 38.8 Å². The predicted molar refractivity (Wildman–Crippen MR) is 99.0 cm³/mol. The molecule has 1 unspecified atom stereocenters. The highest BCUT2D eigenvalue weighted by atomic mass is 35.5. The number of amides is 1. The fourth-order valence-electron chi connectivity index (χ4n) is 4.13. The van der Waals surface area contributed by atoms with E-state index in [1.165, 1.54) is 16.4 Å². The molecule has 0 saturated heterocycles. The number of carbonyl (C=O) groups is 1. The molecule has 148 valence electrons. The van der Waals surface area contributed by atoms with Gasteiger partial charge in [0.15, 0.2) is 5.82 Å². The summed E-state index contributed by atoms with van der Waals surface area (Å²) in [6.45, 7) is 0.615. The van der Waals surface area contributed by atoms with Gasteiger partial charge in [0.1, 0.15) is 0 Å². The normalized spacial score (nSPS) is 18.3. The number of nitrogens with zero attached hydrogens (tertiary/aromatic N) is 4. The van der Waals surface area contributed by atoms with E-state index >= 15 is 0 Å². The van der Waals surface area contributed by atoms with E-state index in [1.807, 2.05) is 23.1 Å². The van der Waals surface area contributed by atoms with Gasteiger partial charge in [-0.1, -0.05) is 35.9 Å². The SMILES string of the molecule is O=C1c2cnn(-c3ncc(C(F)(F)F)cc3Cl)c2CC2c3ccccc3CCN12. The van der Waals surface area contributed by atoms with E-state index < -0.39 is 11.7 Å². The molecule has 9 heteroatoms. The Kier molecular flexibility index (Phi) is 3.96. The van der Waals surface area contributed by atoms with Crippen LogP contribution < -0.4 is 0 Å². The molecule has 0 aliphatic carbocycles. The number of hydrogen-bond donors (Lipinski definition) is 0. The smallest absolute Gasteiger partial charge is 0.331 e. The summed E-state index contributed by atoms with van der Waals surface area (Å²) in [6.07, 6.45) is -1.11. The average Bonchev–Trinajstić information content (AvgIpc) is 3.11. The minimum atomic E-state index is -4.54. The molecule has 0 fully saturated rings. The second-order valence-electron chi connectivity index (χ2n) is 7.11. The van der Waals surface area contributed by atoms with Crippen molar-refractivity contribution < 1.29 is 18.0 Å². The molecule has 0 saturated carbocycles. The molecular formula is C20H14ClF3N4O. The lowest BCUT2D eigenvalue weighted by molar-refractivity contribution is -0.137. The van der Waals surface area contributed by atoms with Crippen LogP contribution in [0, 0.1) is 0 Å². The number of halogens is 4. The van der Waals surface area contributed by atoms with Gasteiger partial charge in [-0.15, -0.1) is 0 Å². The van der Waals surface area contributed by atoms with Crippen molar-refractivity contribution in [2.24, 2.45) is 0 Å². The number of hydrogen-bond acceptors (Lipinski definition) is 3. The largest absolute Gasteiger partial charge is 0.417 e. The maximum absolute atomic E-state index is 13.0. The Bertz CT molecular complexity index is 1140. The van der Waals surface area contributed by atoms with E-state index in [0.29, 0.717) is 24.2 Å². The van der Waals surface area contributed by atoms with Crippen molar-refractivity contribution in [1.29, 1.82) is 0 Å². The predicted octanol–water partition coefficient (Wildman–Crippen LogP) is 4.24. The van der Waals surface area contributed by atoms with Crippen molar-refractivity contribution in [3.8, 4) is 5.82 Å². The van der Waals surface area contributed by atoms with Crippen molar-refractivity contribution in [3.63, 3.8) is 0 Å². The third kappa shape index (κ3) is 2.81. The van der Waals surface area contributed by atoms with Crippen LogP contribution in [0.2, 0.25) is 5.02 Å². The lowest BCUT2D eigenvalue weighted by atomic mass is 9.86. The van der Waals surface area contributed by atoms with Crippen molar-refractivity contribution >= 4 is 17.5 Å². The van der Waals surface area contributed by atoms with Gasteiger partial charge in [0.25, 0.3) is 5.91 Å². The van der Waals surface area contributed by atoms with Gasteiger partial charge in [0, 0.05) is 19.2 Å². The summed E-state index contributed by atoms with van der Waals surface area (Å²) in [5.41, 5.74) is 2.37. The zero-order chi connectivity index (χ0) is 20.3. The number of rotatable bonds is 1. The second-order valence-corrected chi connectivity index (χ2v) is 7.52. The Hall–Kier alpha value is -2.87. The summed E-state index contributed by atoms with van der Waals surface area (Å²) < 4.78 is 40.1. The minimum Gasteiger partial charge on any atom is -0.331 e. The molecule has 0 bridgehead atoms. The number of fused-ring (bicyclic) bond motifs is 4. The Morgan fingerprint density at radius 2 is 1.97 bits per heavy atom. The monoisotopic (exact) mass is 418 g/mol. The molecule has 5 nitrogen and oxygen atoms in total. The first-order chi connectivity index (χ1) is 13.8. The minimum absolute atomic E-state index is 0.0752. The first kappa shape index (κ1) is 18.2. The van der Waals surface area contributed by atoms with Gasteiger partial charge in [0.2, 0.25) is 0 Å². The second kappa shape index (κ2) is 6.32. The quantitative estimate of drug-likeness (QED) is 0.594. The van der Waals surface area contributed by atoms with Gasteiger partial charge in [0.05, 0.1) is 34.1 Å². The standard InChI is InChI=1S/C20H14ClF3N4O/c21-15-7-12(20(22,23)24)9-25-18(15)28-17-8-16-13-4-2-1-3-11(13)5-6-27(16)19(29)14(17)10-26-28/h1-4,7,9-10,16H,5-6,8H2. The van der Waals surface area contributed by atoms with Crippen LogP contribution in [-0.4, -0.2) is 32.1 Å². The molecular weight excluding hydrogens is 405 g/mol. The molecule has 0 spiro atoms. The van der Waals surface area contributed by atoms with Gasteiger partial charge in [-0.05, 0) is 23.6 Å². The van der Waals surface area contributed by atoms with Crippen molar-refractivity contribution in [3.05, 3.63) is 75.7 Å². The highest BCUT2D eigenvalue weighted by molar-refractivity contribution is 6.32. The lowest BCUT2D eigenvalue weighted by Crippen LogP contribution is -2.44. The van der Waals surface area contributed by atoms with Crippen molar-refractivity contribution in [1.82, 2.24) is 19.7 Å². The summed E-state index contributed by atoms with van der Waals surface area (Å²) in [7, 11) is 0. The zero-order valence-electron chi connectivity index (χ0n) is 14.9. The van der Waals surface area contributed by atoms with Gasteiger partial charge in [-0.2, -0.15) is 18.3 Å². The van der Waals surface area contributed by atoms with Gasteiger partial charge in [-0.3, -0.25) is 4.79 Å². The van der Waals surface area contributed by atoms with Gasteiger partial charge in [-0.25, -0.2) is 9.67 Å². The molecule has 2 aliphatic rings. The van der Waals surface area contributed by atoms with E-state index in [4.69, 9.17) is 11.6 Å². The van der Waals surface area contributed by atoms with Crippen LogP contribution in [0.4, 0.5) is 13.2 Å². The van der Waals surface area contributed by atoms with E-state index in [2.05, 4.69) is 16.1 Å².